The molecule has 9 heteroatoms. The fourth-order valence-electron chi connectivity index (χ4n) is 4.57. The Morgan fingerprint density at radius 1 is 0.538 bits per heavy atom. The minimum atomic E-state index is -4.31. The van der Waals surface area contributed by atoms with Crippen molar-refractivity contribution in [2.45, 2.75) is 142 Å². The van der Waals surface area contributed by atoms with Crippen molar-refractivity contribution in [1.82, 2.24) is 0 Å². The molecule has 0 saturated heterocycles. The van der Waals surface area contributed by atoms with Gasteiger partial charge in [-0.05, 0) is 84.0 Å². The van der Waals surface area contributed by atoms with Gasteiger partial charge >= 0.3 is 19.8 Å². The summed E-state index contributed by atoms with van der Waals surface area (Å²) < 4.78 is 32.4. The summed E-state index contributed by atoms with van der Waals surface area (Å²) in [7, 11) is -4.31. The van der Waals surface area contributed by atoms with Gasteiger partial charge < -0.3 is 14.4 Å². The molecule has 2 atom stereocenters. The normalized spacial score (nSPS) is 14.5. The Kier molecular flexibility index (Phi) is 35.5. The van der Waals surface area contributed by atoms with Crippen LogP contribution in [0.1, 0.15) is 136 Å². The largest absolute Gasteiger partial charge is 0.472 e. The van der Waals surface area contributed by atoms with Gasteiger partial charge in [-0.2, -0.15) is 0 Å². The SMILES string of the molecule is CC/C=C\C/C=C\C/C=C\C/C=C\C/C=C\C/C=C\CCC(=O)OC(COC(=O)CCCCCCC/C=C\C/C=C\CCC)COP(=O)(O)OCC. The molecule has 0 aromatic heterocycles. The average Bonchev–Trinajstić information content (AvgIpc) is 3.12. The van der Waals surface area contributed by atoms with Crippen molar-refractivity contribution in [2.75, 3.05) is 19.8 Å². The minimum Gasteiger partial charge on any atom is -0.462 e. The van der Waals surface area contributed by atoms with E-state index in [4.69, 9.17) is 18.5 Å². The lowest BCUT2D eigenvalue weighted by molar-refractivity contribution is -0.161. The van der Waals surface area contributed by atoms with Gasteiger partial charge in [0.2, 0.25) is 0 Å². The third kappa shape index (κ3) is 36.8. The predicted molar refractivity (Wildman–Crippen MR) is 216 cm³/mol. The van der Waals surface area contributed by atoms with E-state index in [0.29, 0.717) is 12.8 Å². The topological polar surface area (TPSA) is 108 Å². The molecule has 0 radical (unpaired) electrons. The predicted octanol–water partition coefficient (Wildman–Crippen LogP) is 12.1. The Bertz CT molecular complexity index is 1160. The number of unbranched alkanes of at least 4 members (excludes halogenated alkanes) is 6. The highest BCUT2D eigenvalue weighted by atomic mass is 31.2. The van der Waals surface area contributed by atoms with Crippen molar-refractivity contribution in [3.63, 3.8) is 0 Å². The zero-order chi connectivity index (χ0) is 38.2. The van der Waals surface area contributed by atoms with Gasteiger partial charge in [0.15, 0.2) is 6.10 Å². The number of carbonyl (C=O) groups excluding carboxylic acids is 2. The zero-order valence-electron chi connectivity index (χ0n) is 32.4. The molecule has 0 bridgehead atoms. The molecule has 0 heterocycles. The minimum absolute atomic E-state index is 0.0212. The van der Waals surface area contributed by atoms with Crippen molar-refractivity contribution in [1.29, 1.82) is 0 Å². The fourth-order valence-corrected chi connectivity index (χ4v) is 5.33. The number of hydrogen-bond donors (Lipinski definition) is 1. The molecular formula is C43H69O8P. The smallest absolute Gasteiger partial charge is 0.462 e. The Morgan fingerprint density at radius 3 is 1.56 bits per heavy atom. The molecule has 0 aliphatic carbocycles. The number of phosphoric acid groups is 1. The van der Waals surface area contributed by atoms with Crippen molar-refractivity contribution in [2.24, 2.45) is 0 Å². The highest BCUT2D eigenvalue weighted by Gasteiger charge is 2.25. The van der Waals surface area contributed by atoms with E-state index in [1.54, 1.807) is 6.92 Å². The molecule has 0 aromatic rings. The summed E-state index contributed by atoms with van der Waals surface area (Å²) in [6.07, 6.45) is 49.0. The summed E-state index contributed by atoms with van der Waals surface area (Å²) in [5, 5.41) is 0. The first-order valence-corrected chi connectivity index (χ1v) is 21.0. The van der Waals surface area contributed by atoms with E-state index in [0.717, 1.165) is 83.5 Å². The second kappa shape index (κ2) is 37.7. The molecular weight excluding hydrogens is 675 g/mol. The molecule has 0 saturated carbocycles. The number of phosphoric ester groups is 1. The molecule has 1 N–H and O–H groups in total. The Balaban J connectivity index is 4.32. The van der Waals surface area contributed by atoms with Crippen LogP contribution in [0.15, 0.2) is 97.2 Å². The number of ether oxygens (including phenoxy) is 2. The van der Waals surface area contributed by atoms with Crippen LogP contribution in [0.3, 0.4) is 0 Å². The monoisotopic (exact) mass is 744 g/mol. The molecule has 0 rings (SSSR count). The summed E-state index contributed by atoms with van der Waals surface area (Å²) in [4.78, 5) is 34.6. The van der Waals surface area contributed by atoms with E-state index in [9.17, 15) is 19.0 Å². The van der Waals surface area contributed by atoms with Gasteiger partial charge in [0.25, 0.3) is 0 Å². The van der Waals surface area contributed by atoms with Gasteiger partial charge in [-0.1, -0.05) is 137 Å². The molecule has 2 unspecified atom stereocenters. The number of rotatable bonds is 34. The Hall–Kier alpha value is -3.03. The molecule has 294 valence electrons. The van der Waals surface area contributed by atoms with Crippen LogP contribution in [0, 0.1) is 0 Å². The van der Waals surface area contributed by atoms with E-state index in [-0.39, 0.29) is 26.1 Å². The molecule has 52 heavy (non-hydrogen) atoms. The van der Waals surface area contributed by atoms with Gasteiger partial charge in [0.05, 0.1) is 13.2 Å². The standard InChI is InChI=1S/C43H69O8P/c1-4-7-9-11-13-15-17-19-20-21-22-23-24-26-28-30-32-34-36-38-43(45)51-41(40-50-52(46,47)49-6-3)39-48-42(44)37-35-33-31-29-27-25-18-16-14-12-10-8-5-2/h7,9-10,12-13,15-16,18-20,22-23,26,28,32,34,41H,4-6,8,11,14,17,21,24-25,27,29-31,33,35-40H2,1-3H3,(H,46,47)/b9-7-,12-10-,15-13-,18-16-,20-19-,23-22-,28-26-,34-32-. The maximum atomic E-state index is 12.5. The number of carbonyl (C=O) groups is 2. The quantitative estimate of drug-likeness (QED) is 0.0300. The molecule has 0 fully saturated rings. The Morgan fingerprint density at radius 2 is 1.02 bits per heavy atom. The summed E-state index contributed by atoms with van der Waals surface area (Å²) in [6.45, 7) is 5.15. The van der Waals surface area contributed by atoms with Crippen LogP contribution < -0.4 is 0 Å². The lowest BCUT2D eigenvalue weighted by atomic mass is 10.1. The molecule has 0 amide bonds. The molecule has 8 nitrogen and oxygen atoms in total. The summed E-state index contributed by atoms with van der Waals surface area (Å²) in [5.41, 5.74) is 0. The van der Waals surface area contributed by atoms with Crippen LogP contribution in [0.5, 0.6) is 0 Å². The third-order valence-electron chi connectivity index (χ3n) is 7.37. The second-order valence-electron chi connectivity index (χ2n) is 12.2. The first-order valence-electron chi connectivity index (χ1n) is 19.5. The van der Waals surface area contributed by atoms with Crippen LogP contribution in [-0.4, -0.2) is 42.8 Å². The van der Waals surface area contributed by atoms with Crippen LogP contribution in [0.4, 0.5) is 0 Å². The van der Waals surface area contributed by atoms with Crippen molar-refractivity contribution >= 4 is 19.8 Å². The third-order valence-corrected chi connectivity index (χ3v) is 8.43. The van der Waals surface area contributed by atoms with Gasteiger partial charge in [-0.15, -0.1) is 0 Å². The maximum Gasteiger partial charge on any atom is 0.472 e. The first kappa shape index (κ1) is 49.0. The van der Waals surface area contributed by atoms with E-state index >= 15 is 0 Å². The van der Waals surface area contributed by atoms with Crippen molar-refractivity contribution < 1.29 is 37.6 Å². The number of hydrogen-bond acceptors (Lipinski definition) is 7. The fraction of sp³-hybridized carbons (Fsp3) is 0.581. The highest BCUT2D eigenvalue weighted by Crippen LogP contribution is 2.43. The van der Waals surface area contributed by atoms with E-state index < -0.39 is 32.5 Å². The lowest BCUT2D eigenvalue weighted by Crippen LogP contribution is -2.29. The van der Waals surface area contributed by atoms with Crippen LogP contribution in [-0.2, 0) is 32.7 Å². The van der Waals surface area contributed by atoms with Gasteiger partial charge in [0, 0.05) is 12.8 Å². The first-order chi connectivity index (χ1) is 25.3. The number of esters is 2. The zero-order valence-corrected chi connectivity index (χ0v) is 33.3. The molecule has 0 aliphatic heterocycles. The van der Waals surface area contributed by atoms with Gasteiger partial charge in [-0.25, -0.2) is 4.57 Å². The van der Waals surface area contributed by atoms with E-state index in [1.807, 2.05) is 12.2 Å². The number of allylic oxidation sites excluding steroid dienone is 16. The molecule has 0 aliphatic rings. The highest BCUT2D eigenvalue weighted by molar-refractivity contribution is 7.47. The lowest BCUT2D eigenvalue weighted by Gasteiger charge is -2.19. The molecule has 0 aromatic carbocycles. The average molecular weight is 745 g/mol. The van der Waals surface area contributed by atoms with Crippen LogP contribution >= 0.6 is 7.82 Å². The van der Waals surface area contributed by atoms with E-state index in [2.05, 4.69) is 98.9 Å². The maximum absolute atomic E-state index is 12.5. The van der Waals surface area contributed by atoms with Gasteiger partial charge in [-0.3, -0.25) is 18.6 Å². The summed E-state index contributed by atoms with van der Waals surface area (Å²) >= 11 is 0. The Labute approximate surface area is 316 Å². The van der Waals surface area contributed by atoms with Crippen LogP contribution in [0.25, 0.3) is 0 Å². The van der Waals surface area contributed by atoms with Crippen LogP contribution in [0.2, 0.25) is 0 Å². The molecule has 0 spiro atoms. The summed E-state index contributed by atoms with van der Waals surface area (Å²) in [6, 6.07) is 0. The van der Waals surface area contributed by atoms with Crippen molar-refractivity contribution in [3.05, 3.63) is 97.2 Å². The van der Waals surface area contributed by atoms with Crippen molar-refractivity contribution in [3.8, 4) is 0 Å². The van der Waals surface area contributed by atoms with E-state index in [1.165, 1.54) is 6.42 Å². The second-order valence-corrected chi connectivity index (χ2v) is 13.7. The summed E-state index contributed by atoms with van der Waals surface area (Å²) in [5.74, 6) is -0.925. The van der Waals surface area contributed by atoms with Gasteiger partial charge in [0.1, 0.15) is 6.61 Å².